The summed E-state index contributed by atoms with van der Waals surface area (Å²) in [6.07, 6.45) is 1.60. The van der Waals surface area contributed by atoms with Crippen LogP contribution < -0.4 is 5.32 Å². The van der Waals surface area contributed by atoms with Gasteiger partial charge in [-0.3, -0.25) is 4.79 Å². The van der Waals surface area contributed by atoms with Gasteiger partial charge in [0, 0.05) is 13.1 Å². The summed E-state index contributed by atoms with van der Waals surface area (Å²) in [5.41, 5.74) is 1.12. The molecule has 122 valence electrons. The van der Waals surface area contributed by atoms with Gasteiger partial charge in [0.1, 0.15) is 5.82 Å². The fourth-order valence-corrected chi connectivity index (χ4v) is 1.93. The molecular formula is C16H22FNO4. The molecule has 0 aliphatic heterocycles. The molecule has 1 unspecified atom stereocenters. The maximum atomic E-state index is 12.9. The lowest BCUT2D eigenvalue weighted by Crippen LogP contribution is -2.24. The summed E-state index contributed by atoms with van der Waals surface area (Å²) in [6, 6.07) is 6.60. The van der Waals surface area contributed by atoms with Crippen molar-refractivity contribution in [1.82, 2.24) is 5.32 Å². The van der Waals surface area contributed by atoms with Gasteiger partial charge in [0.05, 0.1) is 13.0 Å². The Bertz CT molecular complexity index is 456. The number of benzene rings is 1. The minimum absolute atomic E-state index is 0.176. The average Bonchev–Trinajstić information content (AvgIpc) is 2.50. The molecule has 0 amide bonds. The molecule has 0 saturated carbocycles. The lowest BCUT2D eigenvalue weighted by molar-refractivity contribution is -0.191. The summed E-state index contributed by atoms with van der Waals surface area (Å²) < 4.78 is 17.7. The minimum Gasteiger partial charge on any atom is -0.466 e. The van der Waals surface area contributed by atoms with Gasteiger partial charge in [0.15, 0.2) is 0 Å². The SMILES string of the molecule is CCOC(=O)CCNCC(CC)c1ccc(F)cc1.O=C=O. The Labute approximate surface area is 129 Å². The number of hydrogen-bond acceptors (Lipinski definition) is 5. The van der Waals surface area contributed by atoms with E-state index in [9.17, 15) is 9.18 Å². The van der Waals surface area contributed by atoms with Crippen molar-refractivity contribution in [1.29, 1.82) is 0 Å². The highest BCUT2D eigenvalue weighted by molar-refractivity contribution is 5.69. The van der Waals surface area contributed by atoms with E-state index in [0.29, 0.717) is 25.5 Å². The minimum atomic E-state index is -0.214. The lowest BCUT2D eigenvalue weighted by atomic mass is 9.96. The fourth-order valence-electron chi connectivity index (χ4n) is 1.93. The maximum Gasteiger partial charge on any atom is 0.373 e. The fraction of sp³-hybridized carbons (Fsp3) is 0.500. The summed E-state index contributed by atoms with van der Waals surface area (Å²) >= 11 is 0. The van der Waals surface area contributed by atoms with E-state index < -0.39 is 0 Å². The zero-order valence-corrected chi connectivity index (χ0v) is 12.9. The van der Waals surface area contributed by atoms with Crippen molar-refractivity contribution in [3.05, 3.63) is 35.6 Å². The number of ether oxygens (including phenoxy) is 1. The largest absolute Gasteiger partial charge is 0.466 e. The van der Waals surface area contributed by atoms with Crippen LogP contribution in [0.2, 0.25) is 0 Å². The molecule has 0 fully saturated rings. The molecule has 0 radical (unpaired) electrons. The molecule has 6 heteroatoms. The van der Waals surface area contributed by atoms with Crippen LogP contribution in [0.25, 0.3) is 0 Å². The van der Waals surface area contributed by atoms with Crippen molar-refractivity contribution in [2.45, 2.75) is 32.6 Å². The normalized spacial score (nSPS) is 10.9. The monoisotopic (exact) mass is 311 g/mol. The third-order valence-corrected chi connectivity index (χ3v) is 3.04. The summed E-state index contributed by atoms with van der Waals surface area (Å²) in [7, 11) is 0. The number of carbonyl (C=O) groups is 1. The second kappa shape index (κ2) is 12.7. The van der Waals surface area contributed by atoms with E-state index in [1.165, 1.54) is 12.1 Å². The topological polar surface area (TPSA) is 72.5 Å². The first-order chi connectivity index (χ1) is 10.6. The van der Waals surface area contributed by atoms with Crippen LogP contribution in [0, 0.1) is 5.82 Å². The van der Waals surface area contributed by atoms with Crippen molar-refractivity contribution in [2.75, 3.05) is 19.7 Å². The molecule has 0 aromatic heterocycles. The van der Waals surface area contributed by atoms with E-state index in [-0.39, 0.29) is 17.9 Å². The summed E-state index contributed by atoms with van der Waals surface area (Å²) in [4.78, 5) is 27.4. The van der Waals surface area contributed by atoms with Crippen molar-refractivity contribution >= 4 is 12.1 Å². The van der Waals surface area contributed by atoms with Gasteiger partial charge in [-0.25, -0.2) is 4.39 Å². The molecule has 22 heavy (non-hydrogen) atoms. The number of rotatable bonds is 8. The first-order valence-corrected chi connectivity index (χ1v) is 7.20. The third kappa shape index (κ3) is 9.00. The van der Waals surface area contributed by atoms with E-state index in [4.69, 9.17) is 14.3 Å². The molecule has 0 saturated heterocycles. The van der Waals surface area contributed by atoms with Gasteiger partial charge in [-0.15, -0.1) is 0 Å². The van der Waals surface area contributed by atoms with Crippen molar-refractivity contribution in [3.8, 4) is 0 Å². The highest BCUT2D eigenvalue weighted by Gasteiger charge is 2.09. The molecule has 0 aliphatic carbocycles. The van der Waals surface area contributed by atoms with E-state index >= 15 is 0 Å². The number of esters is 1. The molecule has 1 aromatic rings. The Morgan fingerprint density at radius 1 is 1.27 bits per heavy atom. The summed E-state index contributed by atoms with van der Waals surface area (Å²) in [5, 5.41) is 3.24. The first-order valence-electron chi connectivity index (χ1n) is 7.20. The van der Waals surface area contributed by atoms with E-state index in [1.54, 1.807) is 6.92 Å². The van der Waals surface area contributed by atoms with Crippen LogP contribution >= 0.6 is 0 Å². The zero-order chi connectivity index (χ0) is 16.8. The van der Waals surface area contributed by atoms with Gasteiger partial charge >= 0.3 is 12.1 Å². The lowest BCUT2D eigenvalue weighted by Gasteiger charge is -2.16. The van der Waals surface area contributed by atoms with Gasteiger partial charge in [0.25, 0.3) is 0 Å². The van der Waals surface area contributed by atoms with Crippen LogP contribution in [0.1, 0.15) is 38.2 Å². The van der Waals surface area contributed by atoms with Gasteiger partial charge in [-0.1, -0.05) is 19.1 Å². The van der Waals surface area contributed by atoms with Crippen LogP contribution in [0.15, 0.2) is 24.3 Å². The predicted octanol–water partition coefficient (Wildman–Crippen LogP) is 2.28. The summed E-state index contributed by atoms with van der Waals surface area (Å²) in [6.45, 7) is 5.71. The number of nitrogens with one attached hydrogen (secondary N) is 1. The number of halogens is 1. The molecule has 0 aliphatic rings. The molecule has 1 rings (SSSR count). The average molecular weight is 311 g/mol. The number of hydrogen-bond donors (Lipinski definition) is 1. The van der Waals surface area contributed by atoms with Gasteiger partial charge in [-0.2, -0.15) is 9.59 Å². The molecule has 1 N–H and O–H groups in total. The van der Waals surface area contributed by atoms with Crippen LogP contribution in [-0.2, 0) is 19.1 Å². The molecule has 1 aromatic carbocycles. The highest BCUT2D eigenvalue weighted by Crippen LogP contribution is 2.18. The highest BCUT2D eigenvalue weighted by atomic mass is 19.1. The van der Waals surface area contributed by atoms with Crippen molar-refractivity contribution in [2.24, 2.45) is 0 Å². The van der Waals surface area contributed by atoms with Gasteiger partial charge in [-0.05, 0) is 37.0 Å². The first kappa shape index (κ1) is 20.0. The third-order valence-electron chi connectivity index (χ3n) is 3.04. The quantitative estimate of drug-likeness (QED) is 0.589. The van der Waals surface area contributed by atoms with Gasteiger partial charge < -0.3 is 10.1 Å². The Balaban J connectivity index is 0.00000135. The van der Waals surface area contributed by atoms with E-state index in [2.05, 4.69) is 12.2 Å². The van der Waals surface area contributed by atoms with E-state index in [0.717, 1.165) is 18.5 Å². The molecular weight excluding hydrogens is 289 g/mol. The van der Waals surface area contributed by atoms with Crippen LogP contribution in [0.5, 0.6) is 0 Å². The Morgan fingerprint density at radius 2 is 1.86 bits per heavy atom. The van der Waals surface area contributed by atoms with Crippen LogP contribution in [0.3, 0.4) is 0 Å². The predicted molar refractivity (Wildman–Crippen MR) is 78.6 cm³/mol. The Morgan fingerprint density at radius 3 is 2.36 bits per heavy atom. The van der Waals surface area contributed by atoms with Crippen molar-refractivity contribution in [3.63, 3.8) is 0 Å². The molecule has 0 spiro atoms. The maximum absolute atomic E-state index is 12.9. The van der Waals surface area contributed by atoms with Crippen molar-refractivity contribution < 1.29 is 23.5 Å². The summed E-state index contributed by atoms with van der Waals surface area (Å²) in [5.74, 6) is -0.0542. The molecule has 1 atom stereocenters. The second-order valence-electron chi connectivity index (χ2n) is 4.50. The molecule has 0 heterocycles. The smallest absolute Gasteiger partial charge is 0.373 e. The Kier molecular flexibility index (Phi) is 11.5. The van der Waals surface area contributed by atoms with Gasteiger partial charge in [0.2, 0.25) is 0 Å². The second-order valence-corrected chi connectivity index (χ2v) is 4.50. The standard InChI is InChI=1S/C15H22FNO2.CO2/c1-3-12(13-5-7-14(16)8-6-13)11-17-10-9-15(18)19-4-2;2-1-3/h5-8,12,17H,3-4,9-11H2,1-2H3;. The van der Waals surface area contributed by atoms with Crippen LogP contribution in [0.4, 0.5) is 4.39 Å². The number of carbonyl (C=O) groups excluding carboxylic acids is 3. The molecule has 0 bridgehead atoms. The molecule has 5 nitrogen and oxygen atoms in total. The Hall–Kier alpha value is -2.04. The zero-order valence-electron chi connectivity index (χ0n) is 12.9. The van der Waals surface area contributed by atoms with E-state index in [1.807, 2.05) is 12.1 Å². The van der Waals surface area contributed by atoms with Crippen LogP contribution in [-0.4, -0.2) is 31.8 Å².